The maximum Gasteiger partial charge on any atom is 0.317 e. The lowest BCUT2D eigenvalue weighted by molar-refractivity contribution is 0.190. The molecule has 0 atom stereocenters. The van der Waals surface area contributed by atoms with E-state index in [0.29, 0.717) is 0 Å². The number of nitrogens with one attached hydrogen (secondary N) is 2. The molecule has 0 aromatic rings. The third kappa shape index (κ3) is 3.35. The molecule has 2 aliphatic rings. The van der Waals surface area contributed by atoms with Crippen LogP contribution in [0.2, 0.25) is 0 Å². The molecular weight excluding hydrogens is 202 g/mol. The molecule has 5 heteroatoms. The number of urea groups is 1. The Kier molecular flexibility index (Phi) is 4.48. The molecule has 0 spiro atoms. The fraction of sp³-hybridized carbons (Fsp3) is 0.889. The van der Waals surface area contributed by atoms with Crippen molar-refractivity contribution in [3.05, 3.63) is 0 Å². The van der Waals surface area contributed by atoms with Crippen LogP contribution in [-0.4, -0.2) is 43.7 Å². The van der Waals surface area contributed by atoms with Crippen molar-refractivity contribution in [1.82, 2.24) is 15.5 Å². The third-order valence-electron chi connectivity index (χ3n) is 2.64. The second-order valence-corrected chi connectivity index (χ2v) is 3.87. The van der Waals surface area contributed by atoms with Crippen LogP contribution in [0.1, 0.15) is 12.8 Å². The molecule has 2 amide bonds. The van der Waals surface area contributed by atoms with E-state index >= 15 is 0 Å². The number of hydrogen-bond donors (Lipinski definition) is 2. The van der Waals surface area contributed by atoms with Crippen molar-refractivity contribution in [2.75, 3.05) is 32.7 Å². The first-order chi connectivity index (χ1) is 6.36. The lowest BCUT2D eigenvalue weighted by Crippen LogP contribution is -2.50. The van der Waals surface area contributed by atoms with Gasteiger partial charge in [0.1, 0.15) is 0 Å². The molecule has 0 unspecified atom stereocenters. The van der Waals surface area contributed by atoms with Gasteiger partial charge in [-0.05, 0) is 18.8 Å². The van der Waals surface area contributed by atoms with Gasteiger partial charge < -0.3 is 15.5 Å². The van der Waals surface area contributed by atoms with Crippen LogP contribution in [0.25, 0.3) is 0 Å². The Morgan fingerprint density at radius 1 is 1.36 bits per heavy atom. The number of carbonyl (C=O) groups is 1. The van der Waals surface area contributed by atoms with Gasteiger partial charge >= 0.3 is 6.03 Å². The zero-order valence-corrected chi connectivity index (χ0v) is 9.11. The summed E-state index contributed by atoms with van der Waals surface area (Å²) in [4.78, 5) is 13.4. The van der Waals surface area contributed by atoms with Crippen molar-refractivity contribution < 1.29 is 4.79 Å². The molecule has 0 aromatic carbocycles. The summed E-state index contributed by atoms with van der Waals surface area (Å²) >= 11 is 0. The molecule has 1 aliphatic carbocycles. The number of carbonyl (C=O) groups excluding carboxylic acids is 1. The molecule has 1 saturated heterocycles. The lowest BCUT2D eigenvalue weighted by atomic mass is 10.4. The van der Waals surface area contributed by atoms with Gasteiger partial charge in [-0.1, -0.05) is 0 Å². The van der Waals surface area contributed by atoms with Gasteiger partial charge in [-0.15, -0.1) is 12.4 Å². The van der Waals surface area contributed by atoms with Crippen LogP contribution in [0.15, 0.2) is 0 Å². The second-order valence-electron chi connectivity index (χ2n) is 3.87. The van der Waals surface area contributed by atoms with Crippen LogP contribution in [0.5, 0.6) is 0 Å². The van der Waals surface area contributed by atoms with Crippen LogP contribution in [-0.2, 0) is 0 Å². The van der Waals surface area contributed by atoms with E-state index in [0.717, 1.165) is 38.6 Å². The van der Waals surface area contributed by atoms with Crippen LogP contribution in [0.4, 0.5) is 4.79 Å². The summed E-state index contributed by atoms with van der Waals surface area (Å²) in [6.45, 7) is 4.42. The zero-order valence-electron chi connectivity index (χ0n) is 8.29. The maximum absolute atomic E-state index is 11.5. The van der Waals surface area contributed by atoms with Crippen molar-refractivity contribution in [2.24, 2.45) is 5.92 Å². The Hall–Kier alpha value is -0.480. The Morgan fingerprint density at radius 3 is 2.57 bits per heavy atom. The van der Waals surface area contributed by atoms with E-state index in [1.165, 1.54) is 12.8 Å². The quantitative estimate of drug-likeness (QED) is 0.708. The number of hydrogen-bond acceptors (Lipinski definition) is 2. The van der Waals surface area contributed by atoms with Gasteiger partial charge in [-0.2, -0.15) is 0 Å². The molecule has 1 heterocycles. The van der Waals surface area contributed by atoms with Crippen molar-refractivity contribution in [1.29, 1.82) is 0 Å². The molecular formula is C9H18ClN3O. The molecule has 82 valence electrons. The van der Waals surface area contributed by atoms with E-state index in [9.17, 15) is 4.79 Å². The normalized spacial score (nSPS) is 21.3. The standard InChI is InChI=1S/C9H17N3O.ClH/c13-9(11-7-8-1-2-8)12-5-3-10-4-6-12;/h8,10H,1-7H2,(H,11,13);1H. The molecule has 0 radical (unpaired) electrons. The van der Waals surface area contributed by atoms with Crippen LogP contribution in [0, 0.1) is 5.92 Å². The predicted octanol–water partition coefficient (Wildman–Crippen LogP) is 0.433. The summed E-state index contributed by atoms with van der Waals surface area (Å²) < 4.78 is 0. The molecule has 0 aromatic heterocycles. The lowest BCUT2D eigenvalue weighted by Gasteiger charge is -2.27. The molecule has 14 heavy (non-hydrogen) atoms. The number of rotatable bonds is 2. The van der Waals surface area contributed by atoms with Gasteiger partial charge in [-0.3, -0.25) is 0 Å². The van der Waals surface area contributed by atoms with E-state index in [1.54, 1.807) is 0 Å². The number of amides is 2. The first-order valence-corrected chi connectivity index (χ1v) is 5.10. The van der Waals surface area contributed by atoms with Gasteiger partial charge in [0.05, 0.1) is 0 Å². The van der Waals surface area contributed by atoms with E-state index in [2.05, 4.69) is 10.6 Å². The van der Waals surface area contributed by atoms with Crippen LogP contribution >= 0.6 is 12.4 Å². The first kappa shape index (κ1) is 11.6. The van der Waals surface area contributed by atoms with Gasteiger partial charge in [-0.25, -0.2) is 4.79 Å². The van der Waals surface area contributed by atoms with Crippen molar-refractivity contribution in [3.63, 3.8) is 0 Å². The van der Waals surface area contributed by atoms with E-state index in [4.69, 9.17) is 0 Å². The molecule has 1 aliphatic heterocycles. The topological polar surface area (TPSA) is 44.4 Å². The fourth-order valence-electron chi connectivity index (χ4n) is 1.53. The summed E-state index contributed by atoms with van der Waals surface area (Å²) in [6, 6.07) is 0.119. The van der Waals surface area contributed by atoms with Gasteiger partial charge in [0.15, 0.2) is 0 Å². The summed E-state index contributed by atoms with van der Waals surface area (Å²) in [5.41, 5.74) is 0. The molecule has 0 bridgehead atoms. The Morgan fingerprint density at radius 2 is 2.00 bits per heavy atom. The second kappa shape index (κ2) is 5.41. The van der Waals surface area contributed by atoms with E-state index in [-0.39, 0.29) is 18.4 Å². The summed E-state index contributed by atoms with van der Waals surface area (Å²) in [5, 5.41) is 6.20. The average Bonchev–Trinajstić information content (AvgIpc) is 2.99. The molecule has 1 saturated carbocycles. The minimum absolute atomic E-state index is 0. The number of piperazine rings is 1. The van der Waals surface area contributed by atoms with E-state index < -0.39 is 0 Å². The monoisotopic (exact) mass is 219 g/mol. The average molecular weight is 220 g/mol. The van der Waals surface area contributed by atoms with E-state index in [1.807, 2.05) is 4.90 Å². The molecule has 2 fully saturated rings. The zero-order chi connectivity index (χ0) is 9.10. The summed E-state index contributed by atoms with van der Waals surface area (Å²) in [6.07, 6.45) is 2.59. The van der Waals surface area contributed by atoms with Crippen LogP contribution in [0.3, 0.4) is 0 Å². The van der Waals surface area contributed by atoms with Gasteiger partial charge in [0.25, 0.3) is 0 Å². The summed E-state index contributed by atoms with van der Waals surface area (Å²) in [7, 11) is 0. The molecule has 2 rings (SSSR count). The first-order valence-electron chi connectivity index (χ1n) is 5.10. The third-order valence-corrected chi connectivity index (χ3v) is 2.64. The molecule has 4 nitrogen and oxygen atoms in total. The number of halogens is 1. The SMILES string of the molecule is Cl.O=C(NCC1CC1)N1CCNCC1. The fourth-order valence-corrected chi connectivity index (χ4v) is 1.53. The number of nitrogens with zero attached hydrogens (tertiary/aromatic N) is 1. The highest BCUT2D eigenvalue weighted by Gasteiger charge is 2.23. The summed E-state index contributed by atoms with van der Waals surface area (Å²) in [5.74, 6) is 0.770. The largest absolute Gasteiger partial charge is 0.338 e. The van der Waals surface area contributed by atoms with Gasteiger partial charge in [0.2, 0.25) is 0 Å². The van der Waals surface area contributed by atoms with Gasteiger partial charge in [0, 0.05) is 32.7 Å². The predicted molar refractivity (Wildman–Crippen MR) is 57.8 cm³/mol. The minimum atomic E-state index is 0. The van der Waals surface area contributed by atoms with Crippen molar-refractivity contribution in [3.8, 4) is 0 Å². The smallest absolute Gasteiger partial charge is 0.317 e. The highest BCUT2D eigenvalue weighted by molar-refractivity contribution is 5.85. The minimum Gasteiger partial charge on any atom is -0.338 e. The highest BCUT2D eigenvalue weighted by Crippen LogP contribution is 2.27. The molecule has 2 N–H and O–H groups in total. The maximum atomic E-state index is 11.5. The Balaban J connectivity index is 0.000000980. The van der Waals surface area contributed by atoms with Crippen LogP contribution < -0.4 is 10.6 Å². The Labute approximate surface area is 90.8 Å². The van der Waals surface area contributed by atoms with Crippen molar-refractivity contribution >= 4 is 18.4 Å². The van der Waals surface area contributed by atoms with Crippen molar-refractivity contribution in [2.45, 2.75) is 12.8 Å². The highest BCUT2D eigenvalue weighted by atomic mass is 35.5. The Bertz CT molecular complexity index is 190.